The van der Waals surface area contributed by atoms with E-state index in [1.165, 1.54) is 0 Å². The molecule has 1 fully saturated rings. The Kier molecular flexibility index (Phi) is 3.14. The number of hydrogen-bond acceptors (Lipinski definition) is 4. The summed E-state index contributed by atoms with van der Waals surface area (Å²) in [4.78, 5) is 4.49. The predicted octanol–water partition coefficient (Wildman–Crippen LogP) is 2.26. The molecule has 1 aliphatic heterocycles. The first-order chi connectivity index (χ1) is 9.13. The molecule has 5 heteroatoms. The number of anilines is 1. The number of nitrogens with one attached hydrogen (secondary N) is 1. The SMILES string of the molecule is Cc1nn(C)c2ncc(NC3CCOC(C)C3)cc12. The third kappa shape index (κ3) is 2.42. The molecule has 2 aromatic rings. The fourth-order valence-electron chi connectivity index (χ4n) is 2.75. The van der Waals surface area contributed by atoms with E-state index in [4.69, 9.17) is 4.74 Å². The van der Waals surface area contributed by atoms with E-state index in [2.05, 4.69) is 28.4 Å². The molecule has 0 saturated carbocycles. The highest BCUT2D eigenvalue weighted by atomic mass is 16.5. The fraction of sp³-hybridized carbons (Fsp3) is 0.571. The van der Waals surface area contributed by atoms with Gasteiger partial charge in [0.05, 0.1) is 23.7 Å². The van der Waals surface area contributed by atoms with Gasteiger partial charge < -0.3 is 10.1 Å². The van der Waals surface area contributed by atoms with E-state index in [0.29, 0.717) is 12.1 Å². The van der Waals surface area contributed by atoms with Crippen LogP contribution in [0.4, 0.5) is 5.69 Å². The number of aromatic nitrogens is 3. The molecule has 19 heavy (non-hydrogen) atoms. The average Bonchev–Trinajstić information content (AvgIpc) is 2.65. The van der Waals surface area contributed by atoms with Crippen LogP contribution in [0.3, 0.4) is 0 Å². The summed E-state index contributed by atoms with van der Waals surface area (Å²) >= 11 is 0. The highest BCUT2D eigenvalue weighted by Crippen LogP contribution is 2.22. The summed E-state index contributed by atoms with van der Waals surface area (Å²) in [7, 11) is 1.93. The van der Waals surface area contributed by atoms with Crippen LogP contribution >= 0.6 is 0 Å². The lowest BCUT2D eigenvalue weighted by molar-refractivity contribution is 0.0232. The molecule has 2 unspecified atom stereocenters. The molecule has 2 atom stereocenters. The molecule has 3 rings (SSSR count). The van der Waals surface area contributed by atoms with Crippen LogP contribution in [-0.2, 0) is 11.8 Å². The molecule has 2 aromatic heterocycles. The average molecular weight is 260 g/mol. The van der Waals surface area contributed by atoms with E-state index < -0.39 is 0 Å². The van der Waals surface area contributed by atoms with Crippen molar-refractivity contribution in [3.8, 4) is 0 Å². The van der Waals surface area contributed by atoms with Crippen LogP contribution in [0.5, 0.6) is 0 Å². The lowest BCUT2D eigenvalue weighted by Crippen LogP contribution is -2.32. The van der Waals surface area contributed by atoms with Gasteiger partial charge in [0.15, 0.2) is 5.65 Å². The monoisotopic (exact) mass is 260 g/mol. The van der Waals surface area contributed by atoms with Gasteiger partial charge in [0.2, 0.25) is 0 Å². The largest absolute Gasteiger partial charge is 0.381 e. The number of aryl methyl sites for hydroxylation is 2. The van der Waals surface area contributed by atoms with Gasteiger partial charge >= 0.3 is 0 Å². The Balaban J connectivity index is 1.83. The summed E-state index contributed by atoms with van der Waals surface area (Å²) in [5.74, 6) is 0. The first-order valence-electron chi connectivity index (χ1n) is 6.81. The number of rotatable bonds is 2. The first-order valence-corrected chi connectivity index (χ1v) is 6.81. The highest BCUT2D eigenvalue weighted by Gasteiger charge is 2.19. The van der Waals surface area contributed by atoms with Crippen LogP contribution in [0.25, 0.3) is 11.0 Å². The highest BCUT2D eigenvalue weighted by molar-refractivity contribution is 5.81. The van der Waals surface area contributed by atoms with Crippen LogP contribution in [0.2, 0.25) is 0 Å². The maximum absolute atomic E-state index is 5.57. The van der Waals surface area contributed by atoms with Gasteiger partial charge in [0.1, 0.15) is 0 Å². The Bertz CT molecular complexity index is 592. The summed E-state index contributed by atoms with van der Waals surface area (Å²) in [6.07, 6.45) is 4.32. The van der Waals surface area contributed by atoms with Crippen LogP contribution in [0.15, 0.2) is 12.3 Å². The van der Waals surface area contributed by atoms with Crippen molar-refractivity contribution >= 4 is 16.7 Å². The van der Waals surface area contributed by atoms with E-state index in [9.17, 15) is 0 Å². The van der Waals surface area contributed by atoms with Crippen molar-refractivity contribution in [2.75, 3.05) is 11.9 Å². The topological polar surface area (TPSA) is 52.0 Å². The van der Waals surface area contributed by atoms with Gasteiger partial charge in [-0.3, -0.25) is 4.68 Å². The second kappa shape index (κ2) is 4.81. The molecule has 1 saturated heterocycles. The molecule has 3 heterocycles. The number of fused-ring (bicyclic) bond motifs is 1. The minimum atomic E-state index is 0.336. The molecule has 0 aliphatic carbocycles. The molecule has 1 aliphatic rings. The van der Waals surface area contributed by atoms with Crippen LogP contribution < -0.4 is 5.32 Å². The van der Waals surface area contributed by atoms with Crippen LogP contribution in [0, 0.1) is 6.92 Å². The third-order valence-corrected chi connectivity index (χ3v) is 3.72. The summed E-state index contributed by atoms with van der Waals surface area (Å²) in [5, 5.41) is 9.08. The minimum absolute atomic E-state index is 0.336. The first kappa shape index (κ1) is 12.4. The molecule has 5 nitrogen and oxygen atoms in total. The number of ether oxygens (including phenoxy) is 1. The summed E-state index contributed by atoms with van der Waals surface area (Å²) < 4.78 is 7.39. The Hall–Kier alpha value is -1.62. The van der Waals surface area contributed by atoms with E-state index in [-0.39, 0.29) is 0 Å². The minimum Gasteiger partial charge on any atom is -0.381 e. The standard InChI is InChI=1S/C14H20N4O/c1-9-6-11(4-5-19-9)16-12-7-13-10(2)17-18(3)14(13)15-8-12/h7-9,11,16H,4-6H2,1-3H3. The van der Waals surface area contributed by atoms with Gasteiger partial charge in [-0.2, -0.15) is 5.10 Å². The summed E-state index contributed by atoms with van der Waals surface area (Å²) in [5.41, 5.74) is 3.03. The quantitative estimate of drug-likeness (QED) is 0.900. The molecular formula is C14H20N4O. The summed E-state index contributed by atoms with van der Waals surface area (Å²) in [6.45, 7) is 4.98. The zero-order valence-corrected chi connectivity index (χ0v) is 11.7. The van der Waals surface area contributed by atoms with Crippen molar-refractivity contribution in [2.45, 2.75) is 38.8 Å². The third-order valence-electron chi connectivity index (χ3n) is 3.72. The molecule has 0 radical (unpaired) electrons. The van der Waals surface area contributed by atoms with E-state index in [1.54, 1.807) is 0 Å². The predicted molar refractivity (Wildman–Crippen MR) is 75.3 cm³/mol. The van der Waals surface area contributed by atoms with Gasteiger partial charge in [-0.05, 0) is 32.8 Å². The summed E-state index contributed by atoms with van der Waals surface area (Å²) in [6, 6.07) is 2.62. The van der Waals surface area contributed by atoms with E-state index >= 15 is 0 Å². The van der Waals surface area contributed by atoms with Crippen molar-refractivity contribution in [1.29, 1.82) is 0 Å². The van der Waals surface area contributed by atoms with E-state index in [0.717, 1.165) is 41.9 Å². The molecule has 0 amide bonds. The molecule has 102 valence electrons. The second-order valence-electron chi connectivity index (χ2n) is 5.35. The smallest absolute Gasteiger partial charge is 0.157 e. The molecule has 0 aromatic carbocycles. The second-order valence-corrected chi connectivity index (χ2v) is 5.35. The van der Waals surface area contributed by atoms with Crippen LogP contribution in [-0.4, -0.2) is 33.5 Å². The van der Waals surface area contributed by atoms with Gasteiger partial charge in [0.25, 0.3) is 0 Å². The number of nitrogens with zero attached hydrogens (tertiary/aromatic N) is 3. The molecule has 0 spiro atoms. The Labute approximate surface area is 113 Å². The number of pyridine rings is 1. The van der Waals surface area contributed by atoms with Crippen molar-refractivity contribution in [3.05, 3.63) is 18.0 Å². The molecule has 0 bridgehead atoms. The van der Waals surface area contributed by atoms with Crippen molar-refractivity contribution < 1.29 is 4.74 Å². The fourth-order valence-corrected chi connectivity index (χ4v) is 2.75. The Morgan fingerprint density at radius 2 is 2.32 bits per heavy atom. The molecular weight excluding hydrogens is 240 g/mol. The Morgan fingerprint density at radius 1 is 1.47 bits per heavy atom. The van der Waals surface area contributed by atoms with Gasteiger partial charge in [-0.15, -0.1) is 0 Å². The lowest BCUT2D eigenvalue weighted by atomic mass is 10.0. The van der Waals surface area contributed by atoms with E-state index in [1.807, 2.05) is 24.9 Å². The normalized spacial score (nSPS) is 23.7. The van der Waals surface area contributed by atoms with Crippen molar-refractivity contribution in [2.24, 2.45) is 7.05 Å². The maximum atomic E-state index is 5.57. The number of hydrogen-bond donors (Lipinski definition) is 1. The van der Waals surface area contributed by atoms with Crippen molar-refractivity contribution in [1.82, 2.24) is 14.8 Å². The van der Waals surface area contributed by atoms with Crippen LogP contribution in [0.1, 0.15) is 25.5 Å². The molecule has 1 N–H and O–H groups in total. The van der Waals surface area contributed by atoms with Gasteiger partial charge in [0, 0.05) is 25.1 Å². The maximum Gasteiger partial charge on any atom is 0.157 e. The van der Waals surface area contributed by atoms with Crippen molar-refractivity contribution in [3.63, 3.8) is 0 Å². The zero-order valence-electron chi connectivity index (χ0n) is 11.7. The Morgan fingerprint density at radius 3 is 3.11 bits per heavy atom. The lowest BCUT2D eigenvalue weighted by Gasteiger charge is -2.28. The van der Waals surface area contributed by atoms with Gasteiger partial charge in [-0.25, -0.2) is 4.98 Å². The van der Waals surface area contributed by atoms with Gasteiger partial charge in [-0.1, -0.05) is 0 Å². The zero-order chi connectivity index (χ0) is 13.4.